The average Bonchev–Trinajstić information content (AvgIpc) is 2.90. The van der Waals surface area contributed by atoms with Crippen molar-refractivity contribution in [3.8, 4) is 0 Å². The molecule has 2 heteroatoms. The van der Waals surface area contributed by atoms with Gasteiger partial charge < -0.3 is 11.5 Å². The maximum Gasteiger partial charge on any atom is 0.0220 e. The van der Waals surface area contributed by atoms with Gasteiger partial charge in [0.2, 0.25) is 0 Å². The summed E-state index contributed by atoms with van der Waals surface area (Å²) in [5.41, 5.74) is 13.6. The minimum atomic E-state index is 0.263. The Balaban J connectivity index is 1.67. The van der Waals surface area contributed by atoms with Crippen LogP contribution in [-0.2, 0) is 0 Å². The molecule has 19 heavy (non-hydrogen) atoms. The predicted molar refractivity (Wildman–Crippen MR) is 78.5 cm³/mol. The van der Waals surface area contributed by atoms with Gasteiger partial charge >= 0.3 is 0 Å². The highest BCUT2D eigenvalue weighted by atomic mass is 14.8. The van der Waals surface area contributed by atoms with E-state index in [-0.39, 0.29) is 6.04 Å². The van der Waals surface area contributed by atoms with Gasteiger partial charge in [-0.3, -0.25) is 0 Å². The Morgan fingerprint density at radius 2 is 1.63 bits per heavy atom. The number of hydrogen-bond donors (Lipinski definition) is 2. The summed E-state index contributed by atoms with van der Waals surface area (Å²) < 4.78 is 0. The maximum atomic E-state index is 6.50. The standard InChI is InChI=1S/C17H30N2/c18-10-15(19)17-8-12-5-13(9-17)7-16(6-12,11-17)14-3-1-2-4-14/h12-15H,1-11,18-19H2. The molecule has 108 valence electrons. The molecule has 5 rings (SSSR count). The maximum absolute atomic E-state index is 6.50. The van der Waals surface area contributed by atoms with Crippen molar-refractivity contribution in [1.82, 2.24) is 0 Å². The lowest BCUT2D eigenvalue weighted by Gasteiger charge is -2.65. The summed E-state index contributed by atoms with van der Waals surface area (Å²) in [6.45, 7) is 0.695. The second-order valence-corrected chi connectivity index (χ2v) is 8.51. The molecule has 5 saturated carbocycles. The number of nitrogens with two attached hydrogens (primary N) is 2. The quantitative estimate of drug-likeness (QED) is 0.821. The van der Waals surface area contributed by atoms with Crippen LogP contribution in [0.25, 0.3) is 0 Å². The van der Waals surface area contributed by atoms with E-state index in [0.29, 0.717) is 17.4 Å². The number of rotatable bonds is 3. The van der Waals surface area contributed by atoms with E-state index in [9.17, 15) is 0 Å². The van der Waals surface area contributed by atoms with E-state index in [1.807, 2.05) is 0 Å². The third-order valence-electron chi connectivity index (χ3n) is 7.41. The van der Waals surface area contributed by atoms with E-state index >= 15 is 0 Å². The smallest absolute Gasteiger partial charge is 0.0220 e. The Morgan fingerprint density at radius 1 is 1.00 bits per heavy atom. The van der Waals surface area contributed by atoms with Crippen LogP contribution in [0.1, 0.15) is 64.2 Å². The van der Waals surface area contributed by atoms with Crippen LogP contribution in [0.4, 0.5) is 0 Å². The molecule has 4 N–H and O–H groups in total. The van der Waals surface area contributed by atoms with E-state index in [1.54, 1.807) is 0 Å². The number of hydrogen-bond acceptors (Lipinski definition) is 2. The topological polar surface area (TPSA) is 52.0 Å². The largest absolute Gasteiger partial charge is 0.329 e. The van der Waals surface area contributed by atoms with Crippen LogP contribution in [0, 0.1) is 28.6 Å². The molecule has 4 bridgehead atoms. The minimum Gasteiger partial charge on any atom is -0.329 e. The fourth-order valence-corrected chi connectivity index (χ4v) is 7.10. The van der Waals surface area contributed by atoms with Crippen LogP contribution in [0.3, 0.4) is 0 Å². The molecule has 0 heterocycles. The molecular formula is C17H30N2. The van der Waals surface area contributed by atoms with Gasteiger partial charge in [0.15, 0.2) is 0 Å². The summed E-state index contributed by atoms with van der Waals surface area (Å²) in [7, 11) is 0. The Bertz CT molecular complexity index is 344. The molecule has 0 aliphatic heterocycles. The molecule has 0 spiro atoms. The average molecular weight is 262 g/mol. The van der Waals surface area contributed by atoms with Crippen LogP contribution < -0.4 is 11.5 Å². The zero-order chi connectivity index (χ0) is 13.1. The summed E-state index contributed by atoms with van der Waals surface area (Å²) in [5.74, 6) is 3.00. The predicted octanol–water partition coefficient (Wildman–Crippen LogP) is 3.05. The van der Waals surface area contributed by atoms with E-state index in [0.717, 1.165) is 17.8 Å². The van der Waals surface area contributed by atoms with Crippen LogP contribution in [0.2, 0.25) is 0 Å². The van der Waals surface area contributed by atoms with Gasteiger partial charge in [-0.05, 0) is 80.0 Å². The Kier molecular flexibility index (Phi) is 2.80. The molecule has 0 saturated heterocycles. The molecule has 0 aromatic rings. The van der Waals surface area contributed by atoms with Gasteiger partial charge in [-0.25, -0.2) is 0 Å². The molecule has 0 aromatic carbocycles. The van der Waals surface area contributed by atoms with Crippen molar-refractivity contribution in [3.63, 3.8) is 0 Å². The Morgan fingerprint density at radius 3 is 2.21 bits per heavy atom. The minimum absolute atomic E-state index is 0.263. The zero-order valence-electron chi connectivity index (χ0n) is 12.2. The molecule has 3 atom stereocenters. The zero-order valence-corrected chi connectivity index (χ0v) is 12.2. The van der Waals surface area contributed by atoms with Gasteiger partial charge in [-0.1, -0.05) is 12.8 Å². The van der Waals surface area contributed by atoms with Gasteiger partial charge in [0.25, 0.3) is 0 Å². The first kappa shape index (κ1) is 12.6. The van der Waals surface area contributed by atoms with Gasteiger partial charge in [-0.15, -0.1) is 0 Å². The molecule has 5 aliphatic carbocycles. The molecular weight excluding hydrogens is 232 g/mol. The Labute approximate surface area is 117 Å². The monoisotopic (exact) mass is 262 g/mol. The van der Waals surface area contributed by atoms with Crippen molar-refractivity contribution in [3.05, 3.63) is 0 Å². The summed E-state index contributed by atoms with van der Waals surface area (Å²) in [5, 5.41) is 0. The van der Waals surface area contributed by atoms with Crippen LogP contribution in [0.5, 0.6) is 0 Å². The van der Waals surface area contributed by atoms with Gasteiger partial charge in [-0.2, -0.15) is 0 Å². The van der Waals surface area contributed by atoms with Crippen LogP contribution in [-0.4, -0.2) is 12.6 Å². The lowest BCUT2D eigenvalue weighted by Crippen LogP contribution is -2.61. The van der Waals surface area contributed by atoms with Crippen molar-refractivity contribution < 1.29 is 0 Å². The highest BCUT2D eigenvalue weighted by Gasteiger charge is 2.61. The molecule has 0 radical (unpaired) electrons. The third kappa shape index (κ3) is 1.75. The third-order valence-corrected chi connectivity index (χ3v) is 7.41. The highest BCUT2D eigenvalue weighted by Crippen LogP contribution is 2.69. The fraction of sp³-hybridized carbons (Fsp3) is 1.00. The summed E-state index contributed by atoms with van der Waals surface area (Å²) in [6.07, 6.45) is 14.8. The van der Waals surface area contributed by atoms with Gasteiger partial charge in [0.1, 0.15) is 0 Å². The molecule has 0 aromatic heterocycles. The lowest BCUT2D eigenvalue weighted by molar-refractivity contribution is -0.143. The molecule has 5 fully saturated rings. The van der Waals surface area contributed by atoms with E-state index < -0.39 is 0 Å². The summed E-state index contributed by atoms with van der Waals surface area (Å²) >= 11 is 0. The molecule has 2 nitrogen and oxygen atoms in total. The first-order valence-corrected chi connectivity index (χ1v) is 8.61. The van der Waals surface area contributed by atoms with Crippen molar-refractivity contribution >= 4 is 0 Å². The van der Waals surface area contributed by atoms with E-state index in [2.05, 4.69) is 0 Å². The van der Waals surface area contributed by atoms with Crippen molar-refractivity contribution in [1.29, 1.82) is 0 Å². The molecule has 3 unspecified atom stereocenters. The van der Waals surface area contributed by atoms with Crippen LogP contribution >= 0.6 is 0 Å². The van der Waals surface area contributed by atoms with Gasteiger partial charge in [0, 0.05) is 12.6 Å². The van der Waals surface area contributed by atoms with Crippen molar-refractivity contribution in [2.24, 2.45) is 40.1 Å². The normalized spacial score (nSPS) is 50.8. The first-order valence-electron chi connectivity index (χ1n) is 8.61. The fourth-order valence-electron chi connectivity index (χ4n) is 7.10. The second-order valence-electron chi connectivity index (χ2n) is 8.51. The van der Waals surface area contributed by atoms with Crippen LogP contribution in [0.15, 0.2) is 0 Å². The van der Waals surface area contributed by atoms with E-state index in [1.165, 1.54) is 64.2 Å². The van der Waals surface area contributed by atoms with Crippen molar-refractivity contribution in [2.75, 3.05) is 6.54 Å². The van der Waals surface area contributed by atoms with Crippen molar-refractivity contribution in [2.45, 2.75) is 70.3 Å². The summed E-state index contributed by atoms with van der Waals surface area (Å²) in [4.78, 5) is 0. The lowest BCUT2D eigenvalue weighted by atomic mass is 9.40. The van der Waals surface area contributed by atoms with E-state index in [4.69, 9.17) is 11.5 Å². The SMILES string of the molecule is NCC(N)C12CC3CC(C1)CC(C1CCCC1)(C3)C2. The molecule has 0 amide bonds. The highest BCUT2D eigenvalue weighted by molar-refractivity contribution is 5.12. The first-order chi connectivity index (χ1) is 9.16. The van der Waals surface area contributed by atoms with Gasteiger partial charge in [0.05, 0.1) is 0 Å². The summed E-state index contributed by atoms with van der Waals surface area (Å²) in [6, 6.07) is 0.263. The Hall–Kier alpha value is -0.0800. The molecule has 5 aliphatic rings. The second kappa shape index (κ2) is 4.21.